The molecule has 5 atom stereocenters. The van der Waals surface area contributed by atoms with Crippen molar-refractivity contribution in [2.24, 2.45) is 28.6 Å². The Morgan fingerprint density at radius 2 is 1.75 bits per heavy atom. The highest BCUT2D eigenvalue weighted by Crippen LogP contribution is 2.71. The highest BCUT2D eigenvalue weighted by atomic mass is 16.3. The van der Waals surface area contributed by atoms with Gasteiger partial charge in [0, 0.05) is 0 Å². The van der Waals surface area contributed by atoms with Gasteiger partial charge in [-0.2, -0.15) is 0 Å². The fraction of sp³-hybridized carbons (Fsp3) is 1.00. The van der Waals surface area contributed by atoms with Gasteiger partial charge in [0.1, 0.15) is 0 Å². The lowest BCUT2D eigenvalue weighted by molar-refractivity contribution is -0.171. The van der Waals surface area contributed by atoms with Gasteiger partial charge < -0.3 is 5.11 Å². The number of hydrogen-bond acceptors (Lipinski definition) is 1. The Morgan fingerprint density at radius 3 is 2.44 bits per heavy atom. The molecule has 0 aromatic rings. The summed E-state index contributed by atoms with van der Waals surface area (Å²) in [6.45, 7) is 9.21. The van der Waals surface area contributed by atoms with Gasteiger partial charge in [-0.05, 0) is 67.6 Å². The number of rotatable bonds is 0. The molecule has 1 nitrogen and oxygen atoms in total. The van der Waals surface area contributed by atoms with Gasteiger partial charge in [0.05, 0.1) is 5.60 Å². The largest absolute Gasteiger partial charge is 0.389 e. The second-order valence-corrected chi connectivity index (χ2v) is 7.57. The predicted molar refractivity (Wildman–Crippen MR) is 66.1 cm³/mol. The molecule has 3 fully saturated rings. The molecule has 3 aliphatic rings. The lowest BCUT2D eigenvalue weighted by atomic mass is 9.50. The SMILES string of the molecule is C[C@H]1CC[C@@H]2C(C)(C)[C@](C)(O)[C@@H]3CC[C@@]21C3. The van der Waals surface area contributed by atoms with Crippen molar-refractivity contribution in [1.29, 1.82) is 0 Å². The van der Waals surface area contributed by atoms with E-state index in [0.717, 1.165) is 11.8 Å². The van der Waals surface area contributed by atoms with Gasteiger partial charge >= 0.3 is 0 Å². The van der Waals surface area contributed by atoms with Gasteiger partial charge in [0.15, 0.2) is 0 Å². The van der Waals surface area contributed by atoms with Crippen LogP contribution in [0.3, 0.4) is 0 Å². The van der Waals surface area contributed by atoms with Gasteiger partial charge in [-0.25, -0.2) is 0 Å². The summed E-state index contributed by atoms with van der Waals surface area (Å²) in [6.07, 6.45) is 6.67. The van der Waals surface area contributed by atoms with E-state index < -0.39 is 5.60 Å². The molecule has 3 rings (SSSR count). The Kier molecular flexibility index (Phi) is 1.98. The third-order valence-electron chi connectivity index (χ3n) is 7.12. The van der Waals surface area contributed by atoms with Crippen LogP contribution in [0.15, 0.2) is 0 Å². The molecule has 16 heavy (non-hydrogen) atoms. The third-order valence-corrected chi connectivity index (χ3v) is 7.12. The highest BCUT2D eigenvalue weighted by molar-refractivity contribution is 5.17. The molecule has 0 saturated heterocycles. The standard InChI is InChI=1S/C15H26O/c1-10-5-6-12-13(2,3)14(4,16)11-7-8-15(10,12)9-11/h10-12,16H,5-9H2,1-4H3/t10-,11+,12+,14+,15-/m0/s1. The van der Waals surface area contributed by atoms with Crippen molar-refractivity contribution in [2.75, 3.05) is 0 Å². The fourth-order valence-electron chi connectivity index (χ4n) is 5.64. The fourth-order valence-corrected chi connectivity index (χ4v) is 5.64. The maximum Gasteiger partial charge on any atom is 0.0701 e. The van der Waals surface area contributed by atoms with Gasteiger partial charge in [-0.3, -0.25) is 0 Å². The Hall–Kier alpha value is -0.0400. The Bertz CT molecular complexity index is 317. The van der Waals surface area contributed by atoms with Crippen molar-refractivity contribution in [1.82, 2.24) is 0 Å². The maximum atomic E-state index is 10.9. The Balaban J connectivity index is 2.10. The predicted octanol–water partition coefficient (Wildman–Crippen LogP) is 3.61. The first-order chi connectivity index (χ1) is 7.32. The van der Waals surface area contributed by atoms with Crippen LogP contribution in [0.1, 0.15) is 59.8 Å². The topological polar surface area (TPSA) is 20.2 Å². The second-order valence-electron chi connectivity index (χ2n) is 7.57. The van der Waals surface area contributed by atoms with Crippen LogP contribution in [0.2, 0.25) is 0 Å². The zero-order valence-corrected chi connectivity index (χ0v) is 11.2. The molecule has 0 aliphatic heterocycles. The van der Waals surface area contributed by atoms with Crippen LogP contribution < -0.4 is 0 Å². The van der Waals surface area contributed by atoms with Crippen molar-refractivity contribution in [3.05, 3.63) is 0 Å². The van der Waals surface area contributed by atoms with Gasteiger partial charge in [0.2, 0.25) is 0 Å². The van der Waals surface area contributed by atoms with Crippen molar-refractivity contribution in [2.45, 2.75) is 65.4 Å². The summed E-state index contributed by atoms with van der Waals surface area (Å²) in [5, 5.41) is 10.9. The first kappa shape index (κ1) is 11.1. The number of aliphatic hydroxyl groups is 1. The van der Waals surface area contributed by atoms with Gasteiger partial charge in [-0.1, -0.05) is 20.8 Å². The van der Waals surface area contributed by atoms with Crippen LogP contribution >= 0.6 is 0 Å². The molecule has 0 unspecified atom stereocenters. The van der Waals surface area contributed by atoms with Crippen molar-refractivity contribution >= 4 is 0 Å². The van der Waals surface area contributed by atoms with Crippen LogP contribution in [0.5, 0.6) is 0 Å². The molecule has 0 aromatic heterocycles. The normalized spacial score (nSPS) is 58.7. The average Bonchev–Trinajstić information content (AvgIpc) is 2.73. The minimum atomic E-state index is -0.443. The summed E-state index contributed by atoms with van der Waals surface area (Å²) in [6, 6.07) is 0. The van der Waals surface area contributed by atoms with Crippen LogP contribution in [0.4, 0.5) is 0 Å². The Labute approximate surface area is 99.6 Å². The van der Waals surface area contributed by atoms with Crippen molar-refractivity contribution in [3.8, 4) is 0 Å². The zero-order chi connectivity index (χ0) is 11.8. The van der Waals surface area contributed by atoms with E-state index >= 15 is 0 Å². The molecule has 0 amide bonds. The average molecular weight is 222 g/mol. The molecule has 0 aromatic carbocycles. The van der Waals surface area contributed by atoms with E-state index in [-0.39, 0.29) is 5.41 Å². The summed E-state index contributed by atoms with van der Waals surface area (Å²) >= 11 is 0. The van der Waals surface area contributed by atoms with E-state index in [4.69, 9.17) is 0 Å². The second kappa shape index (κ2) is 2.85. The number of fused-ring (bicyclic) bond motifs is 1. The lowest BCUT2D eigenvalue weighted by Crippen LogP contribution is -2.57. The monoisotopic (exact) mass is 222 g/mol. The van der Waals surface area contributed by atoms with E-state index in [2.05, 4.69) is 27.7 Å². The van der Waals surface area contributed by atoms with Gasteiger partial charge in [-0.15, -0.1) is 0 Å². The third kappa shape index (κ3) is 0.978. The minimum absolute atomic E-state index is 0.108. The van der Waals surface area contributed by atoms with E-state index in [1.165, 1.54) is 32.1 Å². The number of hydrogen-bond donors (Lipinski definition) is 1. The quantitative estimate of drug-likeness (QED) is 0.664. The van der Waals surface area contributed by atoms with E-state index in [1.807, 2.05) is 0 Å². The van der Waals surface area contributed by atoms with Crippen molar-refractivity contribution in [3.63, 3.8) is 0 Å². The summed E-state index contributed by atoms with van der Waals surface area (Å²) in [7, 11) is 0. The maximum absolute atomic E-state index is 10.9. The molecular weight excluding hydrogens is 196 g/mol. The van der Waals surface area contributed by atoms with E-state index in [0.29, 0.717) is 11.3 Å². The molecular formula is C15H26O. The first-order valence-electron chi connectivity index (χ1n) is 7.05. The lowest BCUT2D eigenvalue weighted by Gasteiger charge is -2.57. The summed E-state index contributed by atoms with van der Waals surface area (Å²) in [4.78, 5) is 0. The molecule has 0 radical (unpaired) electrons. The molecule has 3 aliphatic carbocycles. The zero-order valence-electron chi connectivity index (χ0n) is 11.2. The summed E-state index contributed by atoms with van der Waals surface area (Å²) in [5.41, 5.74) is 0.259. The van der Waals surface area contributed by atoms with Crippen molar-refractivity contribution < 1.29 is 5.11 Å². The smallest absolute Gasteiger partial charge is 0.0701 e. The summed E-state index contributed by atoms with van der Waals surface area (Å²) in [5.74, 6) is 2.20. The van der Waals surface area contributed by atoms with Gasteiger partial charge in [0.25, 0.3) is 0 Å². The van der Waals surface area contributed by atoms with Crippen LogP contribution in [-0.4, -0.2) is 10.7 Å². The molecule has 1 N–H and O–H groups in total. The summed E-state index contributed by atoms with van der Waals surface area (Å²) < 4.78 is 0. The van der Waals surface area contributed by atoms with Crippen LogP contribution in [0.25, 0.3) is 0 Å². The minimum Gasteiger partial charge on any atom is -0.389 e. The molecule has 0 heterocycles. The Morgan fingerprint density at radius 1 is 1.06 bits per heavy atom. The molecule has 1 spiro atoms. The van der Waals surface area contributed by atoms with E-state index in [1.54, 1.807) is 0 Å². The molecule has 1 heteroatoms. The molecule has 92 valence electrons. The van der Waals surface area contributed by atoms with Crippen LogP contribution in [-0.2, 0) is 0 Å². The molecule has 2 bridgehead atoms. The highest BCUT2D eigenvalue weighted by Gasteiger charge is 2.67. The van der Waals surface area contributed by atoms with Crippen LogP contribution in [0, 0.1) is 28.6 Å². The van der Waals surface area contributed by atoms with E-state index in [9.17, 15) is 5.11 Å². The first-order valence-corrected chi connectivity index (χ1v) is 7.05. The molecule has 3 saturated carbocycles.